The number of alkyl halides is 3. The minimum absolute atomic E-state index is 0.162. The van der Waals surface area contributed by atoms with Gasteiger partial charge in [-0.1, -0.05) is 6.42 Å². The van der Waals surface area contributed by atoms with Crippen LogP contribution in [0.25, 0.3) is 0 Å². The van der Waals surface area contributed by atoms with E-state index in [1.54, 1.807) is 13.8 Å². The molecule has 0 radical (unpaired) electrons. The van der Waals surface area contributed by atoms with Crippen LogP contribution in [0.1, 0.15) is 56.6 Å². The number of aryl methyl sites for hydroxylation is 1. The Bertz CT molecular complexity index is 668. The van der Waals surface area contributed by atoms with Crippen molar-refractivity contribution in [1.82, 2.24) is 20.6 Å². The summed E-state index contributed by atoms with van der Waals surface area (Å²) in [4.78, 5) is 20.1. The standard InChI is InChI=1S/C17H23F3N4O2/c1-10(21-15(25)24-12-7-16(8-12)4-3-5-16)13-6-14(23-11(2)22-13)26-9-17(18,19)20/h6,10,12H,3-5,7-9H2,1-2H3,(H2,21,24,25)/t10-/m1/s1. The minimum Gasteiger partial charge on any atom is -0.468 e. The molecule has 3 rings (SSSR count). The molecule has 0 saturated heterocycles. The van der Waals surface area contributed by atoms with Gasteiger partial charge in [-0.15, -0.1) is 0 Å². The van der Waals surface area contributed by atoms with E-state index >= 15 is 0 Å². The molecule has 9 heteroatoms. The maximum Gasteiger partial charge on any atom is 0.422 e. The second-order valence-electron chi connectivity index (χ2n) is 7.38. The topological polar surface area (TPSA) is 76.1 Å². The highest BCUT2D eigenvalue weighted by Crippen LogP contribution is 2.55. The molecule has 0 aliphatic heterocycles. The number of nitrogens with one attached hydrogen (secondary N) is 2. The third-order valence-corrected chi connectivity index (χ3v) is 5.12. The largest absolute Gasteiger partial charge is 0.468 e. The van der Waals surface area contributed by atoms with Crippen LogP contribution in [0.4, 0.5) is 18.0 Å². The number of carbonyl (C=O) groups is 1. The minimum atomic E-state index is -4.44. The summed E-state index contributed by atoms with van der Waals surface area (Å²) in [6.45, 7) is 1.85. The molecule has 2 aliphatic carbocycles. The van der Waals surface area contributed by atoms with Crippen molar-refractivity contribution >= 4 is 6.03 Å². The van der Waals surface area contributed by atoms with Gasteiger partial charge in [0.25, 0.3) is 0 Å². The van der Waals surface area contributed by atoms with Gasteiger partial charge in [-0.25, -0.2) is 9.78 Å². The lowest BCUT2D eigenvalue weighted by atomic mass is 9.54. The van der Waals surface area contributed by atoms with Crippen LogP contribution in [0.5, 0.6) is 5.88 Å². The first-order chi connectivity index (χ1) is 12.1. The molecule has 1 aromatic heterocycles. The molecule has 1 aromatic rings. The van der Waals surface area contributed by atoms with E-state index in [-0.39, 0.29) is 23.8 Å². The molecule has 2 fully saturated rings. The fourth-order valence-electron chi connectivity index (χ4n) is 3.68. The molecule has 2 amide bonds. The Kier molecular flexibility index (Phi) is 4.98. The van der Waals surface area contributed by atoms with Crippen LogP contribution in [-0.4, -0.2) is 34.8 Å². The highest BCUT2D eigenvalue weighted by Gasteiger charge is 2.48. The first kappa shape index (κ1) is 18.7. The fraction of sp³-hybridized carbons (Fsp3) is 0.706. The smallest absolute Gasteiger partial charge is 0.422 e. The number of aromatic nitrogens is 2. The lowest BCUT2D eigenvalue weighted by molar-refractivity contribution is -0.154. The Labute approximate surface area is 149 Å². The van der Waals surface area contributed by atoms with Gasteiger partial charge in [-0.2, -0.15) is 18.2 Å². The maximum atomic E-state index is 12.3. The molecule has 0 aromatic carbocycles. The number of carbonyl (C=O) groups excluding carboxylic acids is 1. The number of rotatable bonds is 5. The van der Waals surface area contributed by atoms with Crippen LogP contribution in [0, 0.1) is 12.3 Å². The highest BCUT2D eigenvalue weighted by atomic mass is 19.4. The first-order valence-corrected chi connectivity index (χ1v) is 8.76. The van der Waals surface area contributed by atoms with Crippen molar-refractivity contribution in [2.45, 2.75) is 64.2 Å². The van der Waals surface area contributed by atoms with E-state index in [2.05, 4.69) is 25.3 Å². The van der Waals surface area contributed by atoms with E-state index in [0.717, 1.165) is 12.8 Å². The molecule has 0 unspecified atom stereocenters. The molecule has 2 saturated carbocycles. The van der Waals surface area contributed by atoms with Crippen molar-refractivity contribution in [3.63, 3.8) is 0 Å². The average Bonchev–Trinajstić information content (AvgIpc) is 2.45. The van der Waals surface area contributed by atoms with E-state index in [1.807, 2.05) is 0 Å². The molecule has 144 valence electrons. The Morgan fingerprint density at radius 2 is 2.08 bits per heavy atom. The van der Waals surface area contributed by atoms with Gasteiger partial charge in [-0.3, -0.25) is 0 Å². The van der Waals surface area contributed by atoms with E-state index < -0.39 is 18.8 Å². The summed E-state index contributed by atoms with van der Waals surface area (Å²) in [7, 11) is 0. The summed E-state index contributed by atoms with van der Waals surface area (Å²) in [6, 6.07) is 0.727. The summed E-state index contributed by atoms with van der Waals surface area (Å²) in [5, 5.41) is 5.71. The van der Waals surface area contributed by atoms with Gasteiger partial charge in [-0.05, 0) is 44.9 Å². The number of ether oxygens (including phenoxy) is 1. The summed E-state index contributed by atoms with van der Waals surface area (Å²) >= 11 is 0. The summed E-state index contributed by atoms with van der Waals surface area (Å²) in [5.41, 5.74) is 0.867. The molecule has 6 nitrogen and oxygen atoms in total. The van der Waals surface area contributed by atoms with Crippen molar-refractivity contribution in [3.8, 4) is 5.88 Å². The zero-order valence-electron chi connectivity index (χ0n) is 14.8. The second kappa shape index (κ2) is 6.92. The van der Waals surface area contributed by atoms with Crippen molar-refractivity contribution in [1.29, 1.82) is 0 Å². The highest BCUT2D eigenvalue weighted by molar-refractivity contribution is 5.74. The van der Waals surface area contributed by atoms with E-state index in [1.165, 1.54) is 25.3 Å². The molecular weight excluding hydrogens is 349 g/mol. The Hall–Kier alpha value is -2.06. The summed E-state index contributed by atoms with van der Waals surface area (Å²) in [6.07, 6.45) is 1.40. The van der Waals surface area contributed by atoms with Crippen molar-refractivity contribution in [2.24, 2.45) is 5.41 Å². The van der Waals surface area contributed by atoms with Crippen molar-refractivity contribution < 1.29 is 22.7 Å². The number of urea groups is 1. The van der Waals surface area contributed by atoms with Gasteiger partial charge >= 0.3 is 12.2 Å². The van der Waals surface area contributed by atoms with Crippen LogP contribution in [-0.2, 0) is 0 Å². The van der Waals surface area contributed by atoms with Gasteiger partial charge in [0, 0.05) is 12.1 Å². The van der Waals surface area contributed by atoms with Gasteiger partial charge in [0.1, 0.15) is 5.82 Å². The average molecular weight is 372 g/mol. The third-order valence-electron chi connectivity index (χ3n) is 5.12. The molecule has 2 aliphatic rings. The van der Waals surface area contributed by atoms with Crippen LogP contribution < -0.4 is 15.4 Å². The molecule has 1 atom stereocenters. The quantitative estimate of drug-likeness (QED) is 0.830. The number of hydrogen-bond donors (Lipinski definition) is 2. The number of amides is 2. The Balaban J connectivity index is 1.52. The Morgan fingerprint density at radius 3 is 2.65 bits per heavy atom. The van der Waals surface area contributed by atoms with Gasteiger partial charge in [0.15, 0.2) is 6.61 Å². The van der Waals surface area contributed by atoms with Crippen LogP contribution in [0.2, 0.25) is 0 Å². The second-order valence-corrected chi connectivity index (χ2v) is 7.38. The molecule has 1 spiro atoms. The fourth-order valence-corrected chi connectivity index (χ4v) is 3.68. The molecule has 2 N–H and O–H groups in total. The van der Waals surface area contributed by atoms with Gasteiger partial charge in [0.2, 0.25) is 5.88 Å². The molecule has 0 bridgehead atoms. The summed E-state index contributed by atoms with van der Waals surface area (Å²) < 4.78 is 41.5. The number of nitrogens with zero attached hydrogens (tertiary/aromatic N) is 2. The van der Waals surface area contributed by atoms with Crippen LogP contribution in [0.3, 0.4) is 0 Å². The Morgan fingerprint density at radius 1 is 1.38 bits per heavy atom. The van der Waals surface area contributed by atoms with E-state index in [4.69, 9.17) is 0 Å². The monoisotopic (exact) mass is 372 g/mol. The van der Waals surface area contributed by atoms with Gasteiger partial charge < -0.3 is 15.4 Å². The molecule has 1 heterocycles. The maximum absolute atomic E-state index is 12.3. The predicted octanol–water partition coefficient (Wildman–Crippen LogP) is 3.42. The summed E-state index contributed by atoms with van der Waals surface area (Å²) in [5.74, 6) is 0.115. The predicted molar refractivity (Wildman–Crippen MR) is 87.7 cm³/mol. The normalized spacial score (nSPS) is 20.0. The molecule has 26 heavy (non-hydrogen) atoms. The van der Waals surface area contributed by atoms with Crippen LogP contribution >= 0.6 is 0 Å². The SMILES string of the molecule is Cc1nc(OCC(F)(F)F)cc([C@@H](C)NC(=O)NC2CC3(CCC3)C2)n1. The lowest BCUT2D eigenvalue weighted by Gasteiger charge is -2.54. The number of halogens is 3. The van der Waals surface area contributed by atoms with E-state index in [9.17, 15) is 18.0 Å². The van der Waals surface area contributed by atoms with Crippen molar-refractivity contribution in [3.05, 3.63) is 17.6 Å². The first-order valence-electron chi connectivity index (χ1n) is 8.76. The van der Waals surface area contributed by atoms with Crippen molar-refractivity contribution in [2.75, 3.05) is 6.61 Å². The number of hydrogen-bond acceptors (Lipinski definition) is 4. The van der Waals surface area contributed by atoms with Crippen LogP contribution in [0.15, 0.2) is 6.07 Å². The zero-order valence-corrected chi connectivity index (χ0v) is 14.8. The lowest BCUT2D eigenvalue weighted by Crippen LogP contribution is -2.55. The zero-order chi connectivity index (χ0) is 18.9. The van der Waals surface area contributed by atoms with Gasteiger partial charge in [0.05, 0.1) is 11.7 Å². The molecular formula is C17H23F3N4O2. The third kappa shape index (κ3) is 4.56. The van der Waals surface area contributed by atoms with E-state index in [0.29, 0.717) is 11.1 Å².